The van der Waals surface area contributed by atoms with Crippen LogP contribution in [0.15, 0.2) is 78.0 Å². The van der Waals surface area contributed by atoms with Crippen molar-refractivity contribution in [3.8, 4) is 5.75 Å². The molecule has 1 aromatic carbocycles. The Bertz CT molecular complexity index is 1090. The Morgan fingerprint density at radius 1 is 1.22 bits per heavy atom. The van der Waals surface area contributed by atoms with Crippen LogP contribution in [-0.4, -0.2) is 35.4 Å². The predicted molar refractivity (Wildman–Crippen MR) is 115 cm³/mol. The number of benzene rings is 1. The number of likely N-dealkylation sites (N-methyl/N-ethyl adjacent to an activating group) is 1. The highest BCUT2D eigenvalue weighted by Gasteiger charge is 2.46. The van der Waals surface area contributed by atoms with Gasteiger partial charge in [-0.05, 0) is 48.4 Å². The molecule has 1 unspecified atom stereocenters. The molecule has 0 saturated heterocycles. The summed E-state index contributed by atoms with van der Waals surface area (Å²) in [6.45, 7) is -1.13. The third-order valence-corrected chi connectivity index (χ3v) is 4.82. The number of carbonyl (C=O) groups excluding carboxylic acids is 1. The van der Waals surface area contributed by atoms with Crippen LogP contribution in [-0.2, 0) is 10.3 Å². The molecule has 2 N–H and O–H groups in total. The van der Waals surface area contributed by atoms with Crippen LogP contribution in [0.5, 0.6) is 5.75 Å². The highest BCUT2D eigenvalue weighted by atomic mass is 19.3. The Labute approximate surface area is 183 Å². The van der Waals surface area contributed by atoms with E-state index in [0.717, 1.165) is 0 Å². The minimum Gasteiger partial charge on any atom is -0.435 e. The van der Waals surface area contributed by atoms with Crippen molar-refractivity contribution < 1.29 is 22.7 Å². The van der Waals surface area contributed by atoms with Crippen LogP contribution in [0.3, 0.4) is 0 Å². The molecule has 1 aromatic heterocycles. The molecule has 3 rings (SSSR count). The molecule has 2 heterocycles. The average molecular weight is 442 g/mol. The first-order valence-electron chi connectivity index (χ1n) is 9.60. The summed E-state index contributed by atoms with van der Waals surface area (Å²) in [5.41, 5.74) is 6.07. The van der Waals surface area contributed by atoms with E-state index in [1.165, 1.54) is 48.5 Å². The fourth-order valence-electron chi connectivity index (χ4n) is 3.15. The number of nitrogens with zero attached hydrogens (tertiary/aromatic N) is 3. The second kappa shape index (κ2) is 9.51. The van der Waals surface area contributed by atoms with Crippen molar-refractivity contribution in [3.05, 3.63) is 90.0 Å². The Morgan fingerprint density at radius 2 is 1.94 bits per heavy atom. The number of rotatable bonds is 7. The molecule has 1 amide bonds. The van der Waals surface area contributed by atoms with E-state index in [0.29, 0.717) is 16.7 Å². The number of guanidine groups is 1. The van der Waals surface area contributed by atoms with Gasteiger partial charge in [-0.15, -0.1) is 0 Å². The fraction of sp³-hybridized carbons (Fsp3) is 0.174. The van der Waals surface area contributed by atoms with Gasteiger partial charge in [-0.25, -0.2) is 9.98 Å². The van der Waals surface area contributed by atoms with Crippen LogP contribution in [0.25, 0.3) is 5.57 Å². The van der Waals surface area contributed by atoms with Gasteiger partial charge in [-0.2, -0.15) is 13.2 Å². The molecule has 2 aromatic rings. The number of ether oxygens (including phenoxy) is 1. The van der Waals surface area contributed by atoms with Crippen molar-refractivity contribution in [1.82, 2.24) is 9.88 Å². The largest absolute Gasteiger partial charge is 0.435 e. The van der Waals surface area contributed by atoms with Crippen molar-refractivity contribution in [1.29, 1.82) is 0 Å². The molecule has 1 atom stereocenters. The van der Waals surface area contributed by atoms with Crippen LogP contribution >= 0.6 is 0 Å². The number of nitrogens with two attached hydrogens (primary N) is 1. The highest BCUT2D eigenvalue weighted by molar-refractivity contribution is 6.08. The monoisotopic (exact) mass is 442 g/mol. The lowest BCUT2D eigenvalue weighted by molar-refractivity contribution is -0.129. The Morgan fingerprint density at radius 3 is 2.47 bits per heavy atom. The molecule has 9 heteroatoms. The first-order valence-corrected chi connectivity index (χ1v) is 9.60. The molecule has 0 radical (unpaired) electrons. The Balaban J connectivity index is 2.07. The lowest BCUT2D eigenvalue weighted by Gasteiger charge is -2.22. The van der Waals surface area contributed by atoms with Gasteiger partial charge in [0.05, 0.1) is 0 Å². The molecule has 166 valence electrons. The average Bonchev–Trinajstić information content (AvgIpc) is 2.99. The summed E-state index contributed by atoms with van der Waals surface area (Å²) in [6.07, 6.45) is 9.96. The number of carbonyl (C=O) groups is 1. The molecule has 0 bridgehead atoms. The van der Waals surface area contributed by atoms with Gasteiger partial charge in [0.1, 0.15) is 5.75 Å². The van der Waals surface area contributed by atoms with Crippen molar-refractivity contribution >= 4 is 17.4 Å². The van der Waals surface area contributed by atoms with Gasteiger partial charge in [-0.3, -0.25) is 9.69 Å². The van der Waals surface area contributed by atoms with E-state index < -0.39 is 24.0 Å². The van der Waals surface area contributed by atoms with Crippen molar-refractivity contribution in [2.75, 3.05) is 7.05 Å². The van der Waals surface area contributed by atoms with E-state index in [1.807, 2.05) is 13.0 Å². The summed E-state index contributed by atoms with van der Waals surface area (Å²) >= 11 is 0. The molecule has 0 spiro atoms. The SMILES string of the molecule is C\C=C/C=C(\C=C\C1(c2ccc(OC(F)F)cc2)N=C(N)N(C)C1=O)c1ccc(F)nc1. The number of allylic oxidation sites excluding steroid dienone is 5. The molecule has 1 aliphatic heterocycles. The van der Waals surface area contributed by atoms with E-state index in [4.69, 9.17) is 5.73 Å². The molecule has 32 heavy (non-hydrogen) atoms. The maximum Gasteiger partial charge on any atom is 0.387 e. The topological polar surface area (TPSA) is 80.8 Å². The summed E-state index contributed by atoms with van der Waals surface area (Å²) in [4.78, 5) is 22.4. The van der Waals surface area contributed by atoms with Crippen LogP contribution < -0.4 is 10.5 Å². The van der Waals surface area contributed by atoms with Crippen LogP contribution in [0.4, 0.5) is 13.2 Å². The molecule has 6 nitrogen and oxygen atoms in total. The number of pyridine rings is 1. The van der Waals surface area contributed by atoms with Crippen LogP contribution in [0.1, 0.15) is 18.1 Å². The normalized spacial score (nSPS) is 19.4. The number of amides is 1. The van der Waals surface area contributed by atoms with Gasteiger partial charge in [-0.1, -0.05) is 36.4 Å². The van der Waals surface area contributed by atoms with E-state index in [1.54, 1.807) is 30.4 Å². The number of alkyl halides is 2. The van der Waals surface area contributed by atoms with Crippen molar-refractivity contribution in [2.45, 2.75) is 19.1 Å². The van der Waals surface area contributed by atoms with Gasteiger partial charge >= 0.3 is 6.61 Å². The van der Waals surface area contributed by atoms with E-state index in [9.17, 15) is 18.0 Å². The number of hydrogen-bond donors (Lipinski definition) is 1. The zero-order valence-corrected chi connectivity index (χ0v) is 17.4. The van der Waals surface area contributed by atoms with Gasteiger partial charge in [0, 0.05) is 18.8 Å². The standard InChI is InChI=1S/C23H21F3N4O2/c1-3-4-5-15(16-6-11-19(24)28-14-16)12-13-23(20(31)30(2)22(27)29-23)17-7-9-18(10-8-17)32-21(25)26/h3-14,21H,1-2H3,(H2,27,29)/b4-3-,13-12+,15-5+. The van der Waals surface area contributed by atoms with Crippen LogP contribution in [0, 0.1) is 5.95 Å². The number of aromatic nitrogens is 1. The molecule has 0 saturated carbocycles. The Kier molecular flexibility index (Phi) is 6.77. The number of halogens is 3. The van der Waals surface area contributed by atoms with E-state index in [-0.39, 0.29) is 11.7 Å². The van der Waals surface area contributed by atoms with Gasteiger partial charge < -0.3 is 10.5 Å². The summed E-state index contributed by atoms with van der Waals surface area (Å²) in [7, 11) is 1.49. The van der Waals surface area contributed by atoms with Crippen molar-refractivity contribution in [3.63, 3.8) is 0 Å². The predicted octanol–water partition coefficient (Wildman–Crippen LogP) is 4.02. The van der Waals surface area contributed by atoms with Crippen molar-refractivity contribution in [2.24, 2.45) is 10.7 Å². The third kappa shape index (κ3) is 4.72. The summed E-state index contributed by atoms with van der Waals surface area (Å²) < 4.78 is 42.6. The smallest absolute Gasteiger partial charge is 0.387 e. The van der Waals surface area contributed by atoms with E-state index in [2.05, 4.69) is 14.7 Å². The highest BCUT2D eigenvalue weighted by Crippen LogP contribution is 2.36. The second-order valence-corrected chi connectivity index (χ2v) is 6.85. The first-order chi connectivity index (χ1) is 15.3. The third-order valence-electron chi connectivity index (χ3n) is 4.82. The molecule has 0 aliphatic carbocycles. The van der Waals surface area contributed by atoms with E-state index >= 15 is 0 Å². The minimum absolute atomic E-state index is 0.00925. The van der Waals surface area contributed by atoms with Gasteiger partial charge in [0.25, 0.3) is 5.91 Å². The lowest BCUT2D eigenvalue weighted by atomic mass is 9.88. The fourth-order valence-corrected chi connectivity index (χ4v) is 3.15. The summed E-state index contributed by atoms with van der Waals surface area (Å²) in [5.74, 6) is -1.08. The summed E-state index contributed by atoms with van der Waals surface area (Å²) in [5, 5.41) is 0. The van der Waals surface area contributed by atoms with Crippen LogP contribution in [0.2, 0.25) is 0 Å². The molecule has 0 fully saturated rings. The molecular formula is C23H21F3N4O2. The Hall–Kier alpha value is -3.88. The maximum absolute atomic E-state index is 13.3. The van der Waals surface area contributed by atoms with Gasteiger partial charge in [0.15, 0.2) is 11.5 Å². The quantitative estimate of drug-likeness (QED) is 0.519. The second-order valence-electron chi connectivity index (χ2n) is 6.85. The minimum atomic E-state index is -2.97. The molecule has 1 aliphatic rings. The molecular weight excluding hydrogens is 421 g/mol. The summed E-state index contributed by atoms with van der Waals surface area (Å²) in [6, 6.07) is 8.40. The number of aliphatic imine (C=N–C) groups is 1. The lowest BCUT2D eigenvalue weighted by Crippen LogP contribution is -2.39. The zero-order valence-electron chi connectivity index (χ0n) is 17.4. The first kappa shape index (κ1) is 22.8. The number of hydrogen-bond acceptors (Lipinski definition) is 5. The zero-order chi connectivity index (χ0) is 23.3. The van der Waals surface area contributed by atoms with Gasteiger partial charge in [0.2, 0.25) is 5.95 Å². The maximum atomic E-state index is 13.3.